The van der Waals surface area contributed by atoms with Crippen molar-refractivity contribution in [3.63, 3.8) is 0 Å². The van der Waals surface area contributed by atoms with Crippen molar-refractivity contribution in [3.8, 4) is 0 Å². The van der Waals surface area contributed by atoms with E-state index in [-0.39, 0.29) is 36.3 Å². The lowest BCUT2D eigenvalue weighted by molar-refractivity contribution is -0.140. The van der Waals surface area contributed by atoms with E-state index in [4.69, 9.17) is 0 Å². The number of para-hydroxylation sites is 1. The average molecular weight is 374 g/mol. The van der Waals surface area contributed by atoms with E-state index in [1.54, 1.807) is 9.80 Å². The summed E-state index contributed by atoms with van der Waals surface area (Å²) in [6.07, 6.45) is 1.23. The van der Waals surface area contributed by atoms with Gasteiger partial charge in [0.25, 0.3) is 0 Å². The molecule has 1 heterocycles. The number of carbonyl (C=O) groups is 3. The van der Waals surface area contributed by atoms with Gasteiger partial charge >= 0.3 is 6.03 Å². The van der Waals surface area contributed by atoms with Gasteiger partial charge in [-0.25, -0.2) is 4.79 Å². The lowest BCUT2D eigenvalue weighted by atomic mass is 9.95. The molecular weight excluding hydrogens is 344 g/mol. The standard InChI is InChI=1S/C20H30N4O3/c1-4-23(14-18(25)21-15(2)3)19(26)16-10-12-24(13-11-16)20(27)22-17-8-6-5-7-9-17/h5-9,15-16H,4,10-14H2,1-3H3,(H,21,25)(H,22,27). The molecule has 0 unspecified atom stereocenters. The minimum Gasteiger partial charge on any atom is -0.352 e. The summed E-state index contributed by atoms with van der Waals surface area (Å²) in [5, 5.41) is 5.69. The summed E-state index contributed by atoms with van der Waals surface area (Å²) in [6, 6.07) is 9.23. The topological polar surface area (TPSA) is 81.8 Å². The van der Waals surface area contributed by atoms with Gasteiger partial charge in [0, 0.05) is 37.3 Å². The van der Waals surface area contributed by atoms with Crippen LogP contribution in [0.4, 0.5) is 10.5 Å². The van der Waals surface area contributed by atoms with E-state index in [1.165, 1.54) is 0 Å². The number of carbonyl (C=O) groups excluding carboxylic acids is 3. The smallest absolute Gasteiger partial charge is 0.321 e. The van der Waals surface area contributed by atoms with Crippen molar-refractivity contribution in [1.29, 1.82) is 0 Å². The molecule has 0 aromatic heterocycles. The zero-order valence-corrected chi connectivity index (χ0v) is 16.4. The first-order valence-electron chi connectivity index (χ1n) is 9.59. The zero-order valence-electron chi connectivity index (χ0n) is 16.4. The molecule has 0 spiro atoms. The largest absolute Gasteiger partial charge is 0.352 e. The Morgan fingerprint density at radius 1 is 1.15 bits per heavy atom. The van der Waals surface area contributed by atoms with Gasteiger partial charge in [-0.05, 0) is 45.7 Å². The van der Waals surface area contributed by atoms with Crippen LogP contribution in [0.1, 0.15) is 33.6 Å². The number of amides is 4. The highest BCUT2D eigenvalue weighted by Crippen LogP contribution is 2.20. The lowest BCUT2D eigenvalue weighted by Crippen LogP contribution is -2.48. The number of anilines is 1. The maximum absolute atomic E-state index is 12.7. The minimum atomic E-state index is -0.143. The summed E-state index contributed by atoms with van der Waals surface area (Å²) in [7, 11) is 0. The first kappa shape index (κ1) is 20.7. The van der Waals surface area contributed by atoms with Crippen LogP contribution in [-0.4, -0.2) is 59.9 Å². The Balaban J connectivity index is 1.83. The molecule has 0 saturated carbocycles. The molecule has 2 N–H and O–H groups in total. The predicted octanol–water partition coefficient (Wildman–Crippen LogP) is 2.30. The number of likely N-dealkylation sites (N-methyl/N-ethyl adjacent to an activating group) is 1. The third kappa shape index (κ3) is 6.27. The molecule has 7 nitrogen and oxygen atoms in total. The average Bonchev–Trinajstić information content (AvgIpc) is 2.66. The van der Waals surface area contributed by atoms with Crippen molar-refractivity contribution in [2.24, 2.45) is 5.92 Å². The second-order valence-electron chi connectivity index (χ2n) is 7.13. The molecule has 0 aliphatic carbocycles. The van der Waals surface area contributed by atoms with E-state index in [0.717, 1.165) is 5.69 Å². The second kappa shape index (κ2) is 9.94. The van der Waals surface area contributed by atoms with Crippen LogP contribution < -0.4 is 10.6 Å². The Morgan fingerprint density at radius 2 is 1.78 bits per heavy atom. The van der Waals surface area contributed by atoms with Gasteiger partial charge in [0.1, 0.15) is 0 Å². The van der Waals surface area contributed by atoms with Crippen molar-refractivity contribution in [2.45, 2.75) is 39.7 Å². The van der Waals surface area contributed by atoms with Gasteiger partial charge in [-0.1, -0.05) is 18.2 Å². The maximum atomic E-state index is 12.7. The summed E-state index contributed by atoms with van der Waals surface area (Å²) in [4.78, 5) is 40.4. The first-order chi connectivity index (χ1) is 12.9. The summed E-state index contributed by atoms with van der Waals surface area (Å²) >= 11 is 0. The third-order valence-electron chi connectivity index (χ3n) is 4.63. The Labute approximate surface area is 161 Å². The second-order valence-corrected chi connectivity index (χ2v) is 7.13. The molecule has 0 bridgehead atoms. The molecule has 1 aromatic rings. The number of hydrogen-bond acceptors (Lipinski definition) is 3. The molecule has 0 atom stereocenters. The molecule has 2 rings (SSSR count). The normalized spacial score (nSPS) is 14.7. The number of nitrogens with zero attached hydrogens (tertiary/aromatic N) is 2. The Morgan fingerprint density at radius 3 is 2.33 bits per heavy atom. The number of hydrogen-bond donors (Lipinski definition) is 2. The highest BCUT2D eigenvalue weighted by atomic mass is 16.2. The maximum Gasteiger partial charge on any atom is 0.321 e. The van der Waals surface area contributed by atoms with E-state index in [9.17, 15) is 14.4 Å². The molecular formula is C20H30N4O3. The SMILES string of the molecule is CCN(CC(=O)NC(C)C)C(=O)C1CCN(C(=O)Nc2ccccc2)CC1. The molecule has 1 fully saturated rings. The molecule has 4 amide bonds. The number of rotatable bonds is 6. The van der Waals surface area contributed by atoms with Gasteiger partial charge < -0.3 is 20.4 Å². The van der Waals surface area contributed by atoms with Gasteiger partial charge in [0.2, 0.25) is 11.8 Å². The summed E-state index contributed by atoms with van der Waals surface area (Å²) in [5.41, 5.74) is 0.758. The van der Waals surface area contributed by atoms with E-state index in [1.807, 2.05) is 51.1 Å². The van der Waals surface area contributed by atoms with E-state index in [0.29, 0.717) is 32.5 Å². The monoisotopic (exact) mass is 374 g/mol. The number of piperidine rings is 1. The third-order valence-corrected chi connectivity index (χ3v) is 4.63. The molecule has 27 heavy (non-hydrogen) atoms. The number of benzene rings is 1. The number of nitrogens with one attached hydrogen (secondary N) is 2. The predicted molar refractivity (Wildman–Crippen MR) is 105 cm³/mol. The quantitative estimate of drug-likeness (QED) is 0.802. The molecule has 148 valence electrons. The highest BCUT2D eigenvalue weighted by molar-refractivity contribution is 5.90. The van der Waals surface area contributed by atoms with Crippen molar-refractivity contribution in [2.75, 3.05) is 31.5 Å². The molecule has 1 aromatic carbocycles. The zero-order chi connectivity index (χ0) is 19.8. The molecule has 1 aliphatic heterocycles. The van der Waals surface area contributed by atoms with Gasteiger partial charge in [-0.3, -0.25) is 9.59 Å². The fraction of sp³-hybridized carbons (Fsp3) is 0.550. The lowest BCUT2D eigenvalue weighted by Gasteiger charge is -2.34. The van der Waals surface area contributed by atoms with Gasteiger partial charge in [-0.15, -0.1) is 0 Å². The molecule has 7 heteroatoms. The highest BCUT2D eigenvalue weighted by Gasteiger charge is 2.30. The summed E-state index contributed by atoms with van der Waals surface area (Å²) in [6.45, 7) is 7.32. The Kier molecular flexibility index (Phi) is 7.64. The first-order valence-corrected chi connectivity index (χ1v) is 9.59. The van der Waals surface area contributed by atoms with Gasteiger partial charge in [0.05, 0.1) is 6.54 Å². The molecule has 1 aliphatic rings. The van der Waals surface area contributed by atoms with E-state index in [2.05, 4.69) is 10.6 Å². The van der Waals surface area contributed by atoms with Crippen LogP contribution in [0.15, 0.2) is 30.3 Å². The van der Waals surface area contributed by atoms with Crippen molar-refractivity contribution in [1.82, 2.24) is 15.1 Å². The van der Waals surface area contributed by atoms with Crippen LogP contribution in [0, 0.1) is 5.92 Å². The number of urea groups is 1. The van der Waals surface area contributed by atoms with Crippen LogP contribution in [-0.2, 0) is 9.59 Å². The van der Waals surface area contributed by atoms with Crippen LogP contribution >= 0.6 is 0 Å². The summed E-state index contributed by atoms with van der Waals surface area (Å²) in [5.74, 6) is -0.281. The van der Waals surface area contributed by atoms with Gasteiger partial charge in [-0.2, -0.15) is 0 Å². The van der Waals surface area contributed by atoms with Crippen molar-refractivity contribution >= 4 is 23.5 Å². The number of likely N-dealkylation sites (tertiary alicyclic amines) is 1. The van der Waals surface area contributed by atoms with Crippen LogP contribution in [0.25, 0.3) is 0 Å². The Hall–Kier alpha value is -2.57. The van der Waals surface area contributed by atoms with Gasteiger partial charge in [0.15, 0.2) is 0 Å². The fourth-order valence-corrected chi connectivity index (χ4v) is 3.20. The minimum absolute atomic E-state index is 0.000441. The van der Waals surface area contributed by atoms with Crippen molar-refractivity contribution < 1.29 is 14.4 Å². The van der Waals surface area contributed by atoms with Crippen LogP contribution in [0.3, 0.4) is 0 Å². The van der Waals surface area contributed by atoms with E-state index >= 15 is 0 Å². The van der Waals surface area contributed by atoms with Crippen LogP contribution in [0.5, 0.6) is 0 Å². The molecule has 0 radical (unpaired) electrons. The van der Waals surface area contributed by atoms with E-state index < -0.39 is 0 Å². The Bertz CT molecular complexity index is 640. The summed E-state index contributed by atoms with van der Waals surface area (Å²) < 4.78 is 0. The fourth-order valence-electron chi connectivity index (χ4n) is 3.20. The van der Waals surface area contributed by atoms with Crippen LogP contribution in [0.2, 0.25) is 0 Å². The van der Waals surface area contributed by atoms with Crippen molar-refractivity contribution in [3.05, 3.63) is 30.3 Å². The molecule has 1 saturated heterocycles.